The van der Waals surface area contributed by atoms with Crippen LogP contribution in [0.15, 0.2) is 54.9 Å². The highest BCUT2D eigenvalue weighted by molar-refractivity contribution is 6.30. The van der Waals surface area contributed by atoms with Crippen LogP contribution in [0.4, 0.5) is 0 Å². The minimum atomic E-state index is -0.185. The van der Waals surface area contributed by atoms with E-state index >= 15 is 0 Å². The molecule has 0 radical (unpaired) electrons. The third-order valence-corrected chi connectivity index (χ3v) is 3.79. The Balaban J connectivity index is 1.58. The number of pyridine rings is 1. The fraction of sp³-hybridized carbons (Fsp3) is 0.200. The average molecular weight is 370 g/mol. The molecule has 0 atom stereocenters. The van der Waals surface area contributed by atoms with Crippen molar-refractivity contribution in [2.45, 2.75) is 26.5 Å². The zero-order valence-corrected chi connectivity index (χ0v) is 15.4. The highest BCUT2D eigenvalue weighted by Crippen LogP contribution is 2.16. The first kappa shape index (κ1) is 18.0. The molecule has 26 heavy (non-hydrogen) atoms. The van der Waals surface area contributed by atoms with E-state index in [1.807, 2.05) is 54.8 Å². The lowest BCUT2D eigenvalue weighted by Crippen LogP contribution is -2.20. The molecule has 0 saturated heterocycles. The van der Waals surface area contributed by atoms with E-state index in [2.05, 4.69) is 10.3 Å². The van der Waals surface area contributed by atoms with E-state index in [4.69, 9.17) is 16.3 Å². The van der Waals surface area contributed by atoms with Gasteiger partial charge in [-0.2, -0.15) is 0 Å². The van der Waals surface area contributed by atoms with Crippen molar-refractivity contribution in [1.82, 2.24) is 14.7 Å². The summed E-state index contributed by atoms with van der Waals surface area (Å²) < 4.78 is 7.48. The van der Waals surface area contributed by atoms with Crippen molar-refractivity contribution in [3.05, 3.63) is 71.1 Å². The number of benzene rings is 1. The Bertz CT molecular complexity index is 947. The number of amides is 1. The van der Waals surface area contributed by atoms with Crippen LogP contribution in [0, 0.1) is 0 Å². The van der Waals surface area contributed by atoms with Gasteiger partial charge < -0.3 is 14.5 Å². The van der Waals surface area contributed by atoms with Crippen LogP contribution in [0.1, 0.15) is 25.1 Å². The third-order valence-electron chi connectivity index (χ3n) is 3.57. The van der Waals surface area contributed by atoms with Gasteiger partial charge in [-0.25, -0.2) is 4.98 Å². The SMILES string of the molecule is CC(C)Oc1cccc(/C=C/C(=O)NCc2cn3cc(Cl)ccc3n2)c1. The maximum atomic E-state index is 12.0. The van der Waals surface area contributed by atoms with Gasteiger partial charge in [0.25, 0.3) is 0 Å². The molecule has 2 heterocycles. The molecule has 0 aliphatic rings. The van der Waals surface area contributed by atoms with Crippen molar-refractivity contribution in [1.29, 1.82) is 0 Å². The molecule has 1 N–H and O–H groups in total. The normalized spacial score (nSPS) is 11.4. The van der Waals surface area contributed by atoms with Gasteiger partial charge in [0, 0.05) is 18.5 Å². The molecule has 1 aromatic carbocycles. The Hall–Kier alpha value is -2.79. The standard InChI is InChI=1S/C20H20ClN3O2/c1-14(2)26-18-5-3-4-15(10-18)6-9-20(25)22-11-17-13-24-12-16(21)7-8-19(24)23-17/h3-10,12-14H,11H2,1-2H3,(H,22,25)/b9-6+. The lowest BCUT2D eigenvalue weighted by Gasteiger charge is -2.09. The molecule has 3 rings (SSSR count). The van der Waals surface area contributed by atoms with Gasteiger partial charge in [-0.05, 0) is 49.8 Å². The van der Waals surface area contributed by atoms with Crippen LogP contribution in [0.2, 0.25) is 5.02 Å². The quantitative estimate of drug-likeness (QED) is 0.665. The molecule has 0 unspecified atom stereocenters. The topological polar surface area (TPSA) is 55.6 Å². The molecular weight excluding hydrogens is 350 g/mol. The largest absolute Gasteiger partial charge is 0.491 e. The van der Waals surface area contributed by atoms with Crippen molar-refractivity contribution in [2.24, 2.45) is 0 Å². The van der Waals surface area contributed by atoms with Gasteiger partial charge in [0.1, 0.15) is 11.4 Å². The van der Waals surface area contributed by atoms with Crippen LogP contribution in [0.3, 0.4) is 0 Å². The Morgan fingerprint density at radius 3 is 2.96 bits per heavy atom. The molecule has 5 nitrogen and oxygen atoms in total. The number of halogens is 1. The third kappa shape index (κ3) is 4.86. The van der Waals surface area contributed by atoms with E-state index in [1.54, 1.807) is 18.3 Å². The number of hydrogen-bond acceptors (Lipinski definition) is 3. The molecule has 0 fully saturated rings. The van der Waals surface area contributed by atoms with Crippen LogP contribution < -0.4 is 10.1 Å². The zero-order valence-electron chi connectivity index (χ0n) is 14.6. The number of ether oxygens (including phenoxy) is 1. The first-order chi connectivity index (χ1) is 12.5. The molecule has 0 aliphatic heterocycles. The van der Waals surface area contributed by atoms with E-state index in [1.165, 1.54) is 6.08 Å². The van der Waals surface area contributed by atoms with Gasteiger partial charge in [-0.15, -0.1) is 0 Å². The second-order valence-corrected chi connectivity index (χ2v) is 6.57. The number of fused-ring (bicyclic) bond motifs is 1. The van der Waals surface area contributed by atoms with E-state index in [0.717, 1.165) is 22.7 Å². The minimum Gasteiger partial charge on any atom is -0.491 e. The van der Waals surface area contributed by atoms with Crippen molar-refractivity contribution < 1.29 is 9.53 Å². The molecule has 0 aliphatic carbocycles. The molecule has 3 aromatic rings. The van der Waals surface area contributed by atoms with Crippen LogP contribution in [0.5, 0.6) is 5.75 Å². The summed E-state index contributed by atoms with van der Waals surface area (Å²) in [4.78, 5) is 16.5. The second kappa shape index (κ2) is 8.06. The highest BCUT2D eigenvalue weighted by atomic mass is 35.5. The van der Waals surface area contributed by atoms with Crippen LogP contribution in [-0.2, 0) is 11.3 Å². The van der Waals surface area contributed by atoms with Crippen LogP contribution in [-0.4, -0.2) is 21.4 Å². The minimum absolute atomic E-state index is 0.109. The van der Waals surface area contributed by atoms with Gasteiger partial charge in [-0.1, -0.05) is 23.7 Å². The average Bonchev–Trinajstić information content (AvgIpc) is 3.00. The molecular formula is C20H20ClN3O2. The zero-order chi connectivity index (χ0) is 18.5. The monoisotopic (exact) mass is 369 g/mol. The van der Waals surface area contributed by atoms with Crippen LogP contribution in [0.25, 0.3) is 11.7 Å². The first-order valence-electron chi connectivity index (χ1n) is 8.35. The number of nitrogens with one attached hydrogen (secondary N) is 1. The number of aromatic nitrogens is 2. The fourth-order valence-electron chi connectivity index (χ4n) is 2.47. The smallest absolute Gasteiger partial charge is 0.244 e. The van der Waals surface area contributed by atoms with Crippen molar-refractivity contribution >= 4 is 29.2 Å². The molecule has 134 valence electrons. The number of rotatable bonds is 6. The number of hydrogen-bond donors (Lipinski definition) is 1. The van der Waals surface area contributed by atoms with Crippen molar-refractivity contribution in [2.75, 3.05) is 0 Å². The maximum Gasteiger partial charge on any atom is 0.244 e. The lowest BCUT2D eigenvalue weighted by atomic mass is 10.2. The van der Waals surface area contributed by atoms with Gasteiger partial charge in [0.05, 0.1) is 23.4 Å². The lowest BCUT2D eigenvalue weighted by molar-refractivity contribution is -0.116. The maximum absolute atomic E-state index is 12.0. The van der Waals surface area contributed by atoms with Crippen molar-refractivity contribution in [3.63, 3.8) is 0 Å². The highest BCUT2D eigenvalue weighted by Gasteiger charge is 2.04. The summed E-state index contributed by atoms with van der Waals surface area (Å²) in [5.74, 6) is 0.598. The summed E-state index contributed by atoms with van der Waals surface area (Å²) in [5, 5.41) is 3.46. The number of imidazole rings is 1. The van der Waals surface area contributed by atoms with Gasteiger partial charge in [0.2, 0.25) is 5.91 Å². The summed E-state index contributed by atoms with van der Waals surface area (Å²) in [7, 11) is 0. The number of carbonyl (C=O) groups is 1. The Kier molecular flexibility index (Phi) is 5.58. The van der Waals surface area contributed by atoms with Crippen molar-refractivity contribution in [3.8, 4) is 5.75 Å². The van der Waals surface area contributed by atoms with Gasteiger partial charge in [-0.3, -0.25) is 4.79 Å². The fourth-order valence-corrected chi connectivity index (χ4v) is 2.64. The van der Waals surface area contributed by atoms with Gasteiger partial charge >= 0.3 is 0 Å². The van der Waals surface area contributed by atoms with E-state index in [0.29, 0.717) is 11.6 Å². The van der Waals surface area contributed by atoms with E-state index < -0.39 is 0 Å². The molecule has 6 heteroatoms. The summed E-state index contributed by atoms with van der Waals surface area (Å²) >= 11 is 5.96. The predicted molar refractivity (Wildman–Crippen MR) is 103 cm³/mol. The molecule has 0 saturated carbocycles. The molecule has 0 spiro atoms. The molecule has 1 amide bonds. The number of nitrogens with zero attached hydrogens (tertiary/aromatic N) is 2. The Morgan fingerprint density at radius 2 is 2.15 bits per heavy atom. The first-order valence-corrected chi connectivity index (χ1v) is 8.73. The summed E-state index contributed by atoms with van der Waals surface area (Å²) in [5.41, 5.74) is 2.46. The van der Waals surface area contributed by atoms with E-state index in [-0.39, 0.29) is 12.0 Å². The predicted octanol–water partition coefficient (Wildman–Crippen LogP) is 4.10. The molecule has 2 aromatic heterocycles. The Morgan fingerprint density at radius 1 is 1.31 bits per heavy atom. The summed E-state index contributed by atoms with van der Waals surface area (Å²) in [6.45, 7) is 4.30. The summed E-state index contributed by atoms with van der Waals surface area (Å²) in [6, 6.07) is 11.2. The number of carbonyl (C=O) groups excluding carboxylic acids is 1. The Labute approximate surface area is 157 Å². The van der Waals surface area contributed by atoms with Gasteiger partial charge in [0.15, 0.2) is 0 Å². The van der Waals surface area contributed by atoms with E-state index in [9.17, 15) is 4.79 Å². The second-order valence-electron chi connectivity index (χ2n) is 6.14. The molecule has 0 bridgehead atoms. The summed E-state index contributed by atoms with van der Waals surface area (Å²) in [6.07, 6.45) is 6.99. The van der Waals surface area contributed by atoms with Crippen LogP contribution >= 0.6 is 11.6 Å².